The van der Waals surface area contributed by atoms with Crippen molar-refractivity contribution in [2.45, 2.75) is 92.7 Å². The van der Waals surface area contributed by atoms with Gasteiger partial charge in [0.15, 0.2) is 0 Å². The maximum Gasteiger partial charge on any atom is 0.149 e. The maximum absolute atomic E-state index is 12.4. The van der Waals surface area contributed by atoms with Gasteiger partial charge in [0.25, 0.3) is 0 Å². The summed E-state index contributed by atoms with van der Waals surface area (Å²) < 4.78 is 70.7. The Bertz CT molecular complexity index is 3530. The van der Waals surface area contributed by atoms with Crippen LogP contribution in [0, 0.1) is 13.7 Å². The number of benzene rings is 7. The Morgan fingerprint density at radius 3 is 1.86 bits per heavy atom. The van der Waals surface area contributed by atoms with Gasteiger partial charge in [-0.2, -0.15) is 0 Å². The lowest BCUT2D eigenvalue weighted by molar-refractivity contribution is 0.466. The van der Waals surface area contributed by atoms with Gasteiger partial charge >= 0.3 is 0 Å². The van der Waals surface area contributed by atoms with E-state index < -0.39 is 25.5 Å². The summed E-state index contributed by atoms with van der Waals surface area (Å²) >= 11 is 0. The van der Waals surface area contributed by atoms with Gasteiger partial charge in [-0.25, -0.2) is 4.98 Å². The van der Waals surface area contributed by atoms with Crippen LogP contribution in [0.15, 0.2) is 158 Å². The molecule has 2 heterocycles. The molecule has 0 aliphatic carbocycles. The number of aryl methyl sites for hydroxylation is 2. The summed E-state index contributed by atoms with van der Waals surface area (Å²) in [5.74, 6) is -1.46. The van der Waals surface area contributed by atoms with Gasteiger partial charge in [-0.1, -0.05) is 158 Å². The first-order chi connectivity index (χ1) is 34.8. The van der Waals surface area contributed by atoms with Crippen molar-refractivity contribution in [3.63, 3.8) is 0 Å². The van der Waals surface area contributed by atoms with E-state index in [0.717, 1.165) is 50.1 Å². The highest BCUT2D eigenvalue weighted by Gasteiger charge is 2.25. The summed E-state index contributed by atoms with van der Waals surface area (Å²) in [6.45, 7) is 10.7. The molecule has 4 nitrogen and oxygen atoms in total. The third-order valence-corrected chi connectivity index (χ3v) is 12.7. The molecule has 0 unspecified atom stereocenters. The second-order valence-corrected chi connectivity index (χ2v) is 18.5. The highest BCUT2D eigenvalue weighted by molar-refractivity contribution is 5.98. The number of hydrogen-bond donors (Lipinski definition) is 1. The Hall–Kier alpha value is -7.04. The fourth-order valence-corrected chi connectivity index (χ4v) is 8.82. The molecule has 9 rings (SSSR count). The number of hydrogen-bond acceptors (Lipinski definition) is 3. The smallest absolute Gasteiger partial charge is 0.149 e. The van der Waals surface area contributed by atoms with E-state index in [1.165, 1.54) is 0 Å². The van der Waals surface area contributed by atoms with Crippen molar-refractivity contribution < 1.29 is 16.1 Å². The lowest BCUT2D eigenvalue weighted by atomic mass is 9.90. The molecule has 0 spiro atoms. The number of phenols is 1. The summed E-state index contributed by atoms with van der Waals surface area (Å²) in [5, 5.41) is 12.4. The van der Waals surface area contributed by atoms with E-state index in [1.54, 1.807) is 52.1 Å². The number of nitrogens with zero attached hydrogens (tertiary/aromatic N) is 3. The zero-order valence-electron chi connectivity index (χ0n) is 47.0. The molecule has 66 heavy (non-hydrogen) atoms. The third-order valence-electron chi connectivity index (χ3n) is 12.7. The molecule has 0 atom stereocenters. The zero-order valence-corrected chi connectivity index (χ0v) is 39.0. The summed E-state index contributed by atoms with van der Waals surface area (Å²) in [6, 6.07) is 48.2. The highest BCUT2D eigenvalue weighted by Crippen LogP contribution is 2.44. The molecule has 330 valence electrons. The lowest BCUT2D eigenvalue weighted by Crippen LogP contribution is -2.03. The first-order valence-electron chi connectivity index (χ1n) is 26.7. The van der Waals surface area contributed by atoms with Crippen LogP contribution in [0.2, 0.25) is 0 Å². The van der Waals surface area contributed by atoms with Gasteiger partial charge in [0.2, 0.25) is 0 Å². The molecule has 0 saturated carbocycles. The molecule has 2 aromatic heterocycles. The normalized spacial score (nSPS) is 14.3. The van der Waals surface area contributed by atoms with E-state index in [2.05, 4.69) is 44.2 Å². The van der Waals surface area contributed by atoms with Crippen LogP contribution >= 0.6 is 0 Å². The fraction of sp³-hybridized carbons (Fsp3) is 0.226. The first kappa shape index (κ1) is 35.2. The van der Waals surface area contributed by atoms with Crippen LogP contribution < -0.4 is 0 Å². The van der Waals surface area contributed by atoms with Crippen LogP contribution in [-0.2, 0) is 0 Å². The Labute approximate surface area is 403 Å². The number of pyridine rings is 1. The summed E-state index contributed by atoms with van der Waals surface area (Å²) in [6.07, 6.45) is 1.75. The number of phenolic OH excluding ortho intramolecular Hbond substituents is 1. The van der Waals surface area contributed by atoms with Gasteiger partial charge in [0.1, 0.15) is 11.6 Å². The Kier molecular flexibility index (Phi) is 9.66. The topological polar surface area (TPSA) is 50.9 Å². The molecule has 0 aliphatic heterocycles. The second kappa shape index (κ2) is 18.1. The van der Waals surface area contributed by atoms with Crippen molar-refractivity contribution in [2.24, 2.45) is 0 Å². The molecular weight excluding hydrogens is 803 g/mol. The number of para-hydroxylation sites is 1. The van der Waals surface area contributed by atoms with E-state index in [1.807, 2.05) is 122 Å². The predicted octanol–water partition coefficient (Wildman–Crippen LogP) is 17.2. The summed E-state index contributed by atoms with van der Waals surface area (Å²) in [4.78, 5) is 10.3. The third kappa shape index (κ3) is 8.61. The van der Waals surface area contributed by atoms with Crippen LogP contribution in [-0.4, -0.2) is 19.6 Å². The van der Waals surface area contributed by atoms with Crippen molar-refractivity contribution >= 4 is 11.0 Å². The van der Waals surface area contributed by atoms with Gasteiger partial charge in [-0.3, -0.25) is 9.55 Å². The largest absolute Gasteiger partial charge is 0.507 e. The maximum atomic E-state index is 12.4. The van der Waals surface area contributed by atoms with Crippen LogP contribution in [0.25, 0.3) is 83.9 Å². The van der Waals surface area contributed by atoms with Crippen LogP contribution in [0.1, 0.15) is 123 Å². The van der Waals surface area contributed by atoms with Crippen molar-refractivity contribution in [3.05, 3.63) is 191 Å². The van der Waals surface area contributed by atoms with E-state index >= 15 is 0 Å². The van der Waals surface area contributed by atoms with Crippen molar-refractivity contribution in [1.29, 1.82) is 0 Å². The quantitative estimate of drug-likeness (QED) is 0.141. The van der Waals surface area contributed by atoms with Crippen molar-refractivity contribution in [2.75, 3.05) is 0 Å². The molecular formula is C62H61N3O. The molecule has 0 saturated heterocycles. The van der Waals surface area contributed by atoms with Gasteiger partial charge in [-0.05, 0) is 159 Å². The minimum Gasteiger partial charge on any atom is -0.507 e. The standard InChI is InChI=1S/C62H61N3O/c1-37(2)47-28-48(38(3)4)30-51(29-47)45-23-24-58(42(10)27-45)65-59-18-14-17-54(60(59)64-62(65)56-35-49(39(5)6)34-55(40(7)8)61(56)66)52-31-50(43-15-12-11-13-16-43)32-53(33-52)57-36-46(25-26-63-57)44-21-19-41(9)20-22-44/h11-40,66H,1-10H3/i9D3,10D3,37D,38D. The summed E-state index contributed by atoms with van der Waals surface area (Å²) in [5.41, 5.74) is 13.7. The number of aromatic nitrogens is 3. The molecule has 9 aromatic rings. The lowest BCUT2D eigenvalue weighted by Gasteiger charge is -2.19. The number of imidazole rings is 1. The monoisotopic (exact) mass is 872 g/mol. The number of aromatic hydroxyl groups is 1. The van der Waals surface area contributed by atoms with E-state index in [-0.39, 0.29) is 28.7 Å². The van der Waals surface area contributed by atoms with E-state index in [4.69, 9.17) is 20.9 Å². The molecule has 4 heteroatoms. The minimum absolute atomic E-state index is 0.0408. The first-order valence-corrected chi connectivity index (χ1v) is 22.7. The second-order valence-electron chi connectivity index (χ2n) is 18.5. The van der Waals surface area contributed by atoms with Gasteiger partial charge in [0.05, 0.1) is 28.0 Å². The van der Waals surface area contributed by atoms with Crippen molar-refractivity contribution in [3.8, 4) is 78.6 Å². The van der Waals surface area contributed by atoms with E-state index in [9.17, 15) is 5.11 Å². The van der Waals surface area contributed by atoms with Crippen molar-refractivity contribution in [1.82, 2.24) is 14.5 Å². The van der Waals surface area contributed by atoms with E-state index in [0.29, 0.717) is 56.1 Å². The number of rotatable bonds is 11. The van der Waals surface area contributed by atoms with Crippen LogP contribution in [0.4, 0.5) is 0 Å². The van der Waals surface area contributed by atoms with Gasteiger partial charge in [0, 0.05) is 28.3 Å². The Morgan fingerprint density at radius 2 is 1.18 bits per heavy atom. The Morgan fingerprint density at radius 1 is 0.515 bits per heavy atom. The highest BCUT2D eigenvalue weighted by atomic mass is 16.3. The van der Waals surface area contributed by atoms with Crippen LogP contribution in [0.5, 0.6) is 5.75 Å². The van der Waals surface area contributed by atoms with Gasteiger partial charge < -0.3 is 5.11 Å². The zero-order chi connectivity index (χ0) is 53.2. The summed E-state index contributed by atoms with van der Waals surface area (Å²) in [7, 11) is 0. The average Bonchev–Trinajstić information content (AvgIpc) is 3.74. The molecule has 0 amide bonds. The predicted molar refractivity (Wildman–Crippen MR) is 279 cm³/mol. The fourth-order valence-electron chi connectivity index (χ4n) is 8.82. The molecule has 0 radical (unpaired) electrons. The molecule has 0 fully saturated rings. The SMILES string of the molecule is [2H]C([2H])([2H])c1ccc(-c2ccnc(-c3cc(-c4ccccc4)cc(-c4cccc5c4nc(-c4cc(C(C)C)cc(C(C)C)c4O)n5-c4ccc(-c5cc(C([2H])(C)C)cc(C([2H])(C)C)c5)cc4C([2H])([2H])[2H])c3)c2)cc1. The van der Waals surface area contributed by atoms with Gasteiger partial charge in [-0.15, -0.1) is 0 Å². The van der Waals surface area contributed by atoms with Crippen LogP contribution in [0.3, 0.4) is 0 Å². The average molecular weight is 872 g/mol. The molecule has 1 N–H and O–H groups in total. The molecule has 0 bridgehead atoms. The minimum atomic E-state index is -2.62. The molecule has 7 aromatic carbocycles. The number of fused-ring (bicyclic) bond motifs is 1. The Balaban J connectivity index is 1.31. The molecule has 0 aliphatic rings.